The lowest BCUT2D eigenvalue weighted by Gasteiger charge is -2.34. The average molecular weight is 513 g/mol. The van der Waals surface area contributed by atoms with Crippen LogP contribution in [0.1, 0.15) is 75.5 Å². The largest absolute Gasteiger partial charge is 0.252 e. The van der Waals surface area contributed by atoms with Crippen LogP contribution < -0.4 is 0 Å². The van der Waals surface area contributed by atoms with E-state index in [-0.39, 0.29) is 11.0 Å². The molecule has 0 amide bonds. The summed E-state index contributed by atoms with van der Waals surface area (Å²) in [5, 5.41) is 14.6. The van der Waals surface area contributed by atoms with Gasteiger partial charge in [-0.15, -0.1) is 0 Å². The van der Waals surface area contributed by atoms with Crippen LogP contribution >= 0.6 is 0 Å². The summed E-state index contributed by atoms with van der Waals surface area (Å²) >= 11 is 0. The summed E-state index contributed by atoms with van der Waals surface area (Å²) in [5.74, 6) is -1.27. The van der Waals surface area contributed by atoms with Crippen LogP contribution in [0.2, 0.25) is 0 Å². The molecule has 1 aromatic carbocycles. The minimum atomic E-state index is -0.913. The van der Waals surface area contributed by atoms with E-state index < -0.39 is 17.3 Å². The van der Waals surface area contributed by atoms with E-state index in [1.54, 1.807) is 23.1 Å². The number of pyridine rings is 2. The zero-order valence-corrected chi connectivity index (χ0v) is 21.9. The van der Waals surface area contributed by atoms with Crippen molar-refractivity contribution in [3.05, 3.63) is 89.4 Å². The molecule has 5 rings (SSSR count). The molecule has 194 valence electrons. The van der Waals surface area contributed by atoms with Gasteiger partial charge in [0.1, 0.15) is 6.33 Å². The van der Waals surface area contributed by atoms with Gasteiger partial charge in [0.15, 0.2) is 5.82 Å². The molecule has 3 heterocycles. The lowest BCUT2D eigenvalue weighted by molar-refractivity contribution is 0.214. The molecular formula is C30H30F2N6. The number of nitriles is 1. The summed E-state index contributed by atoms with van der Waals surface area (Å²) in [5.41, 5.74) is 3.12. The summed E-state index contributed by atoms with van der Waals surface area (Å²) in [6.45, 7) is 6.20. The van der Waals surface area contributed by atoms with Crippen LogP contribution in [0.3, 0.4) is 0 Å². The first-order valence-corrected chi connectivity index (χ1v) is 12.9. The zero-order chi connectivity index (χ0) is 26.9. The lowest BCUT2D eigenvalue weighted by Crippen LogP contribution is -2.23. The molecule has 6 nitrogen and oxygen atoms in total. The maximum atomic E-state index is 14.3. The summed E-state index contributed by atoms with van der Waals surface area (Å²) in [6, 6.07) is 16.0. The van der Waals surface area contributed by atoms with Crippen LogP contribution in [0.15, 0.2) is 54.9 Å². The average Bonchev–Trinajstić information content (AvgIpc) is 3.41. The Morgan fingerprint density at radius 2 is 1.82 bits per heavy atom. The van der Waals surface area contributed by atoms with Gasteiger partial charge in [-0.05, 0) is 80.5 Å². The van der Waals surface area contributed by atoms with Gasteiger partial charge in [0.05, 0.1) is 39.7 Å². The number of hydrogen-bond donors (Lipinski definition) is 0. The van der Waals surface area contributed by atoms with E-state index in [4.69, 9.17) is 5.10 Å². The van der Waals surface area contributed by atoms with Gasteiger partial charge < -0.3 is 0 Å². The van der Waals surface area contributed by atoms with E-state index in [1.807, 2.05) is 38.1 Å². The molecule has 3 aromatic heterocycles. The minimum absolute atomic E-state index is 0.119. The lowest BCUT2D eigenvalue weighted by atomic mass is 9.71. The maximum absolute atomic E-state index is 14.3. The van der Waals surface area contributed by atoms with Crippen LogP contribution in [0.4, 0.5) is 8.78 Å². The Balaban J connectivity index is 1.42. The van der Waals surface area contributed by atoms with E-state index in [1.165, 1.54) is 38.2 Å². The highest BCUT2D eigenvalue weighted by molar-refractivity contribution is 5.59. The first kappa shape index (κ1) is 25.7. The number of aromatic nitrogens is 5. The molecular weight excluding hydrogens is 482 g/mol. The standard InChI is InChI=1S/C30H30F2N6/c1-29(2,25-9-7-8-24(35-25)23-12-13-26(31)36-27(23)32)28-34-19-38(37-28)22-11-10-20(21(16-22)18-33)17-30(3)14-5-4-6-15-30/h7-13,16,19H,4-6,14-15,17H2,1-3H3. The van der Waals surface area contributed by atoms with Crippen molar-refractivity contribution in [3.63, 3.8) is 0 Å². The second-order valence-corrected chi connectivity index (χ2v) is 11.0. The quantitative estimate of drug-likeness (QED) is 0.268. The number of nitrogens with zero attached hydrogens (tertiary/aromatic N) is 6. The van der Waals surface area contributed by atoms with E-state index in [2.05, 4.69) is 27.9 Å². The van der Waals surface area contributed by atoms with E-state index in [9.17, 15) is 14.0 Å². The molecule has 1 aliphatic rings. The summed E-state index contributed by atoms with van der Waals surface area (Å²) < 4.78 is 29.2. The molecule has 0 radical (unpaired) electrons. The van der Waals surface area contributed by atoms with Gasteiger partial charge in [-0.2, -0.15) is 24.1 Å². The maximum Gasteiger partial charge on any atom is 0.224 e. The van der Waals surface area contributed by atoms with Crippen LogP contribution in [0.25, 0.3) is 16.9 Å². The SMILES string of the molecule is CC1(Cc2ccc(-n3cnc(C(C)(C)c4cccc(-c5ccc(F)nc5F)n4)n3)cc2C#N)CCCCC1. The second kappa shape index (κ2) is 10.1. The molecule has 0 saturated heterocycles. The summed E-state index contributed by atoms with van der Waals surface area (Å²) in [4.78, 5) is 12.4. The van der Waals surface area contributed by atoms with Crippen LogP contribution in [0.5, 0.6) is 0 Å². The van der Waals surface area contributed by atoms with Crippen molar-refractivity contribution >= 4 is 0 Å². The number of halogens is 2. The Morgan fingerprint density at radius 3 is 2.55 bits per heavy atom. The van der Waals surface area contributed by atoms with Crippen molar-refractivity contribution < 1.29 is 8.78 Å². The fourth-order valence-electron chi connectivity index (χ4n) is 5.33. The highest BCUT2D eigenvalue weighted by Crippen LogP contribution is 2.39. The molecule has 0 aliphatic heterocycles. The van der Waals surface area contributed by atoms with Crippen LogP contribution in [0, 0.1) is 28.6 Å². The van der Waals surface area contributed by atoms with Gasteiger partial charge in [0, 0.05) is 0 Å². The third-order valence-electron chi connectivity index (χ3n) is 7.69. The van der Waals surface area contributed by atoms with Crippen LogP contribution in [-0.4, -0.2) is 24.7 Å². The molecule has 1 aliphatic carbocycles. The van der Waals surface area contributed by atoms with Gasteiger partial charge in [0.2, 0.25) is 11.9 Å². The number of benzene rings is 1. The topological polar surface area (TPSA) is 80.3 Å². The fraction of sp³-hybridized carbons (Fsp3) is 0.367. The predicted octanol–water partition coefficient (Wildman–Crippen LogP) is 6.71. The Hall–Kier alpha value is -3.99. The third kappa shape index (κ3) is 5.06. The Kier molecular flexibility index (Phi) is 6.78. The molecule has 4 aromatic rings. The molecule has 0 spiro atoms. The van der Waals surface area contributed by atoms with Crippen molar-refractivity contribution in [3.8, 4) is 23.0 Å². The van der Waals surface area contributed by atoms with Gasteiger partial charge in [-0.3, -0.25) is 4.98 Å². The van der Waals surface area contributed by atoms with Gasteiger partial charge in [-0.25, -0.2) is 9.67 Å². The Bertz CT molecular complexity index is 1510. The van der Waals surface area contributed by atoms with Gasteiger partial charge in [0.25, 0.3) is 0 Å². The molecule has 1 fully saturated rings. The molecule has 1 saturated carbocycles. The summed E-state index contributed by atoms with van der Waals surface area (Å²) in [7, 11) is 0. The third-order valence-corrected chi connectivity index (χ3v) is 7.69. The molecule has 0 unspecified atom stereocenters. The second-order valence-electron chi connectivity index (χ2n) is 11.0. The monoisotopic (exact) mass is 512 g/mol. The summed E-state index contributed by atoms with van der Waals surface area (Å²) in [6.07, 6.45) is 8.72. The number of rotatable bonds is 6. The van der Waals surface area contributed by atoms with E-state index in [0.29, 0.717) is 22.8 Å². The minimum Gasteiger partial charge on any atom is -0.252 e. The molecule has 8 heteroatoms. The first-order valence-electron chi connectivity index (χ1n) is 12.9. The van der Waals surface area contributed by atoms with Crippen molar-refractivity contribution in [2.75, 3.05) is 0 Å². The molecule has 0 N–H and O–H groups in total. The van der Waals surface area contributed by atoms with Crippen LogP contribution in [-0.2, 0) is 11.8 Å². The van der Waals surface area contributed by atoms with Crippen molar-refractivity contribution in [2.45, 2.75) is 64.7 Å². The number of hydrogen-bond acceptors (Lipinski definition) is 5. The molecule has 0 atom stereocenters. The van der Waals surface area contributed by atoms with Crippen molar-refractivity contribution in [1.29, 1.82) is 5.26 Å². The Morgan fingerprint density at radius 1 is 1.03 bits per heavy atom. The highest BCUT2D eigenvalue weighted by atomic mass is 19.1. The van der Waals surface area contributed by atoms with Gasteiger partial charge >= 0.3 is 0 Å². The Labute approximate surface area is 221 Å². The molecule has 0 bridgehead atoms. The van der Waals surface area contributed by atoms with E-state index >= 15 is 0 Å². The van der Waals surface area contributed by atoms with Gasteiger partial charge in [-0.1, -0.05) is 38.3 Å². The zero-order valence-electron chi connectivity index (χ0n) is 21.9. The molecule has 38 heavy (non-hydrogen) atoms. The van der Waals surface area contributed by atoms with E-state index in [0.717, 1.165) is 23.7 Å². The normalized spacial score (nSPS) is 15.3. The first-order chi connectivity index (χ1) is 18.2. The predicted molar refractivity (Wildman–Crippen MR) is 140 cm³/mol. The fourth-order valence-corrected chi connectivity index (χ4v) is 5.33. The van der Waals surface area contributed by atoms with Crippen molar-refractivity contribution in [1.82, 2.24) is 24.7 Å². The van der Waals surface area contributed by atoms with Crippen molar-refractivity contribution in [2.24, 2.45) is 5.41 Å². The highest BCUT2D eigenvalue weighted by Gasteiger charge is 2.31. The smallest absolute Gasteiger partial charge is 0.224 e.